The van der Waals surface area contributed by atoms with E-state index in [0.717, 1.165) is 19.1 Å². The van der Waals surface area contributed by atoms with E-state index in [-0.39, 0.29) is 11.2 Å². The van der Waals surface area contributed by atoms with Crippen molar-refractivity contribution >= 4 is 0 Å². The van der Waals surface area contributed by atoms with Crippen molar-refractivity contribution in [1.29, 1.82) is 0 Å². The summed E-state index contributed by atoms with van der Waals surface area (Å²) in [6.07, 6.45) is 6.66. The third-order valence-electron chi connectivity index (χ3n) is 6.65. The highest BCUT2D eigenvalue weighted by molar-refractivity contribution is 5.28. The predicted octanol–water partition coefficient (Wildman–Crippen LogP) is 3.15. The van der Waals surface area contributed by atoms with Gasteiger partial charge >= 0.3 is 0 Å². The summed E-state index contributed by atoms with van der Waals surface area (Å²) in [6.45, 7) is 9.34. The molecule has 2 heterocycles. The van der Waals surface area contributed by atoms with Crippen LogP contribution in [0.2, 0.25) is 0 Å². The van der Waals surface area contributed by atoms with Gasteiger partial charge in [-0.05, 0) is 37.0 Å². The first-order chi connectivity index (χ1) is 7.96. The van der Waals surface area contributed by atoms with Crippen LogP contribution in [0.1, 0.15) is 52.9 Å². The maximum atomic E-state index is 6.06. The maximum Gasteiger partial charge on any atom is 0.128 e. The molecule has 2 aliphatic carbocycles. The minimum Gasteiger partial charge on any atom is -0.366 e. The number of ether oxygens (including phenoxy) is 2. The molecule has 2 aliphatic heterocycles. The Morgan fingerprint density at radius 1 is 0.941 bits per heavy atom. The molecule has 2 saturated carbocycles. The number of hydrogen-bond donors (Lipinski definition) is 0. The molecule has 2 heteroatoms. The van der Waals surface area contributed by atoms with Crippen LogP contribution in [0.15, 0.2) is 0 Å². The van der Waals surface area contributed by atoms with Gasteiger partial charge in [0.25, 0.3) is 0 Å². The van der Waals surface area contributed by atoms with Crippen LogP contribution in [0, 0.1) is 16.7 Å². The number of rotatable bonds is 0. The molecule has 0 aromatic heterocycles. The fourth-order valence-corrected chi connectivity index (χ4v) is 5.54. The number of hydrogen-bond acceptors (Lipinski definition) is 2. The molecule has 0 amide bonds. The Balaban J connectivity index is 1.78. The Morgan fingerprint density at radius 3 is 2.24 bits per heavy atom. The average Bonchev–Trinajstić information content (AvgIpc) is 3.09. The van der Waals surface area contributed by atoms with Crippen molar-refractivity contribution in [1.82, 2.24) is 0 Å². The zero-order valence-electron chi connectivity index (χ0n) is 11.3. The molecule has 4 rings (SSSR count). The summed E-state index contributed by atoms with van der Waals surface area (Å²) in [5.74, 6) is 0.820. The van der Waals surface area contributed by atoms with Gasteiger partial charge in [0.2, 0.25) is 0 Å². The van der Waals surface area contributed by atoms with Gasteiger partial charge < -0.3 is 9.47 Å². The van der Waals surface area contributed by atoms with Gasteiger partial charge in [0.1, 0.15) is 11.2 Å². The molecule has 0 bridgehead atoms. The summed E-state index contributed by atoms with van der Waals surface area (Å²) in [6, 6.07) is 0. The molecule has 96 valence electrons. The molecule has 17 heavy (non-hydrogen) atoms. The van der Waals surface area contributed by atoms with Gasteiger partial charge in [0, 0.05) is 5.41 Å². The van der Waals surface area contributed by atoms with Gasteiger partial charge in [-0.15, -0.1) is 0 Å². The molecule has 0 N–H and O–H groups in total. The van der Waals surface area contributed by atoms with Crippen molar-refractivity contribution < 1.29 is 9.47 Å². The Morgan fingerprint density at radius 2 is 1.65 bits per heavy atom. The molecule has 2 nitrogen and oxygen atoms in total. The first-order valence-corrected chi connectivity index (χ1v) is 7.24. The third-order valence-corrected chi connectivity index (χ3v) is 6.65. The lowest BCUT2D eigenvalue weighted by molar-refractivity contribution is -0.118. The van der Waals surface area contributed by atoms with Crippen molar-refractivity contribution in [3.63, 3.8) is 0 Å². The molecular formula is C15H24O2. The summed E-state index contributed by atoms with van der Waals surface area (Å²) >= 11 is 0. The van der Waals surface area contributed by atoms with E-state index in [1.54, 1.807) is 0 Å². The van der Waals surface area contributed by atoms with Gasteiger partial charge in [-0.1, -0.05) is 27.2 Å². The fourth-order valence-electron chi connectivity index (χ4n) is 5.54. The summed E-state index contributed by atoms with van der Waals surface area (Å²) < 4.78 is 11.9. The number of epoxide rings is 2. The minimum atomic E-state index is 0.0978. The van der Waals surface area contributed by atoms with Gasteiger partial charge in [-0.25, -0.2) is 0 Å². The van der Waals surface area contributed by atoms with Crippen LogP contribution < -0.4 is 0 Å². The van der Waals surface area contributed by atoms with Gasteiger partial charge in [0.15, 0.2) is 0 Å². The molecule has 4 fully saturated rings. The summed E-state index contributed by atoms with van der Waals surface area (Å²) in [4.78, 5) is 0. The average molecular weight is 236 g/mol. The largest absolute Gasteiger partial charge is 0.366 e. The molecule has 4 aliphatic rings. The van der Waals surface area contributed by atoms with E-state index < -0.39 is 0 Å². The fraction of sp³-hybridized carbons (Fsp3) is 1.00. The molecule has 0 radical (unpaired) electrons. The highest BCUT2D eigenvalue weighted by Gasteiger charge is 2.80. The van der Waals surface area contributed by atoms with Crippen LogP contribution in [0.5, 0.6) is 0 Å². The molecule has 0 aromatic rings. The van der Waals surface area contributed by atoms with E-state index in [4.69, 9.17) is 9.47 Å². The first kappa shape index (κ1) is 10.8. The molecule has 0 aromatic carbocycles. The maximum absolute atomic E-state index is 6.06. The monoisotopic (exact) mass is 236 g/mol. The summed E-state index contributed by atoms with van der Waals surface area (Å²) in [5, 5.41) is 0. The molecule has 4 atom stereocenters. The van der Waals surface area contributed by atoms with Gasteiger partial charge in [0.05, 0.1) is 13.2 Å². The van der Waals surface area contributed by atoms with E-state index >= 15 is 0 Å². The van der Waals surface area contributed by atoms with Crippen LogP contribution in [-0.2, 0) is 9.47 Å². The zero-order chi connectivity index (χ0) is 11.9. The Hall–Kier alpha value is -0.0800. The lowest BCUT2D eigenvalue weighted by atomic mass is 9.46. The zero-order valence-corrected chi connectivity index (χ0v) is 11.3. The minimum absolute atomic E-state index is 0.0978. The Labute approximate surface area is 104 Å². The van der Waals surface area contributed by atoms with Crippen molar-refractivity contribution in [3.8, 4) is 0 Å². The third kappa shape index (κ3) is 1.06. The van der Waals surface area contributed by atoms with Crippen molar-refractivity contribution in [3.05, 3.63) is 0 Å². The van der Waals surface area contributed by atoms with Crippen LogP contribution in [0.25, 0.3) is 0 Å². The second-order valence-electron chi connectivity index (χ2n) is 7.75. The lowest BCUT2D eigenvalue weighted by Gasteiger charge is -2.58. The predicted molar refractivity (Wildman–Crippen MR) is 65.8 cm³/mol. The van der Waals surface area contributed by atoms with E-state index in [1.165, 1.54) is 32.1 Å². The van der Waals surface area contributed by atoms with Gasteiger partial charge in [-0.3, -0.25) is 0 Å². The lowest BCUT2D eigenvalue weighted by Crippen LogP contribution is -2.60. The summed E-state index contributed by atoms with van der Waals surface area (Å²) in [7, 11) is 0. The Bertz CT molecular complexity index is 365. The van der Waals surface area contributed by atoms with Crippen LogP contribution >= 0.6 is 0 Å². The highest BCUT2D eigenvalue weighted by Crippen LogP contribution is 2.72. The van der Waals surface area contributed by atoms with Crippen LogP contribution in [-0.4, -0.2) is 24.4 Å². The van der Waals surface area contributed by atoms with Gasteiger partial charge in [-0.2, -0.15) is 0 Å². The molecular weight excluding hydrogens is 212 g/mol. The van der Waals surface area contributed by atoms with Crippen LogP contribution in [0.4, 0.5) is 0 Å². The SMILES string of the molecule is CC1(C)CCC[C@@]2(C)[C@H]1CCC1(CO1)C21CO1. The molecule has 2 spiro atoms. The van der Waals surface area contributed by atoms with Crippen molar-refractivity contribution in [2.24, 2.45) is 16.7 Å². The number of fused-ring (bicyclic) bond motifs is 3. The van der Waals surface area contributed by atoms with E-state index in [2.05, 4.69) is 20.8 Å². The van der Waals surface area contributed by atoms with Crippen LogP contribution in [0.3, 0.4) is 0 Å². The topological polar surface area (TPSA) is 25.1 Å². The quantitative estimate of drug-likeness (QED) is 0.604. The van der Waals surface area contributed by atoms with E-state index in [1.807, 2.05) is 0 Å². The molecule has 2 saturated heterocycles. The Kier molecular flexibility index (Phi) is 1.75. The first-order valence-electron chi connectivity index (χ1n) is 7.24. The van der Waals surface area contributed by atoms with Crippen molar-refractivity contribution in [2.75, 3.05) is 13.2 Å². The van der Waals surface area contributed by atoms with E-state index in [9.17, 15) is 0 Å². The normalized spacial score (nSPS) is 59.1. The second kappa shape index (κ2) is 2.75. The summed E-state index contributed by atoms with van der Waals surface area (Å²) in [5.41, 5.74) is 1.08. The van der Waals surface area contributed by atoms with E-state index in [0.29, 0.717) is 10.8 Å². The van der Waals surface area contributed by atoms with Crippen molar-refractivity contribution in [2.45, 2.75) is 64.1 Å². The molecule has 2 unspecified atom stereocenters. The standard InChI is InChI=1S/C15H24O2/c1-12(2)6-4-7-13(3)11(12)5-8-14(9-16-14)15(13)10-17-15/h11H,4-10H2,1-3H3/t11-,13-,14?,15?/m0/s1. The second-order valence-corrected chi connectivity index (χ2v) is 7.75. The highest BCUT2D eigenvalue weighted by atomic mass is 16.7. The smallest absolute Gasteiger partial charge is 0.128 e.